The maximum absolute atomic E-state index is 14.0. The minimum atomic E-state index is -4.70. The van der Waals surface area contributed by atoms with E-state index < -0.39 is 29.6 Å². The summed E-state index contributed by atoms with van der Waals surface area (Å²) in [6.45, 7) is 5.83. The number of hydrogen-bond donors (Lipinski definition) is 2. The normalized spacial score (nSPS) is 18.8. The third-order valence-corrected chi connectivity index (χ3v) is 7.71. The van der Waals surface area contributed by atoms with Gasteiger partial charge in [0.05, 0.1) is 21.2 Å². The maximum Gasteiger partial charge on any atom is 0.419 e. The number of benzene rings is 1. The van der Waals surface area contributed by atoms with Crippen molar-refractivity contribution in [2.45, 2.75) is 58.0 Å². The Bertz CT molecular complexity index is 1440. The number of hydrogen-bond acceptors (Lipinski definition) is 6. The van der Waals surface area contributed by atoms with Gasteiger partial charge in [-0.05, 0) is 55.6 Å². The van der Waals surface area contributed by atoms with E-state index in [-0.39, 0.29) is 22.6 Å². The van der Waals surface area contributed by atoms with Crippen molar-refractivity contribution in [3.05, 3.63) is 40.1 Å². The van der Waals surface area contributed by atoms with Gasteiger partial charge in [0, 0.05) is 35.3 Å². The summed E-state index contributed by atoms with van der Waals surface area (Å²) < 4.78 is 47.9. The molecule has 2 aliphatic rings. The predicted octanol–water partition coefficient (Wildman–Crippen LogP) is 6.44. The highest BCUT2D eigenvalue weighted by molar-refractivity contribution is 9.10. The summed E-state index contributed by atoms with van der Waals surface area (Å²) in [5, 5.41) is 12.9. The number of amides is 1. The van der Waals surface area contributed by atoms with Gasteiger partial charge in [-0.3, -0.25) is 4.90 Å². The Morgan fingerprint density at radius 3 is 2.65 bits per heavy atom. The number of carbonyl (C=O) groups is 1. The first-order valence-electron chi connectivity index (χ1n) is 11.7. The van der Waals surface area contributed by atoms with E-state index in [1.165, 1.54) is 17.2 Å². The van der Waals surface area contributed by atoms with Crippen molar-refractivity contribution in [3.63, 3.8) is 0 Å². The van der Waals surface area contributed by atoms with Crippen LogP contribution >= 0.6 is 15.9 Å². The molecule has 2 aromatic heterocycles. The second-order valence-electron chi connectivity index (χ2n) is 10.5. The van der Waals surface area contributed by atoms with Crippen LogP contribution in [0.15, 0.2) is 29.0 Å². The van der Waals surface area contributed by atoms with E-state index in [9.17, 15) is 23.2 Å². The van der Waals surface area contributed by atoms with E-state index in [0.717, 1.165) is 25.5 Å². The zero-order chi connectivity index (χ0) is 26.8. The van der Waals surface area contributed by atoms with Gasteiger partial charge in [-0.1, -0.05) is 12.5 Å². The monoisotopic (exact) mass is 576 g/mol. The average Bonchev–Trinajstić information content (AvgIpc) is 3.19. The van der Waals surface area contributed by atoms with Crippen LogP contribution in [0.5, 0.6) is 0 Å². The zero-order valence-electron chi connectivity index (χ0n) is 20.3. The molecule has 37 heavy (non-hydrogen) atoms. The summed E-state index contributed by atoms with van der Waals surface area (Å²) in [5.41, 5.74) is -1.11. The minimum absolute atomic E-state index is 0.0189. The molecule has 1 aliphatic carbocycles. The number of alkyl halides is 3. The number of carbonyl (C=O) groups excluding carboxylic acids is 1. The molecule has 8 nitrogen and oxygen atoms in total. The Kier molecular flexibility index (Phi) is 5.90. The maximum atomic E-state index is 14.0. The number of H-pyrrole nitrogens is 1. The third-order valence-electron chi connectivity index (χ3n) is 6.88. The number of anilines is 1. The summed E-state index contributed by atoms with van der Waals surface area (Å²) in [6, 6.07) is 5.15. The van der Waals surface area contributed by atoms with Crippen molar-refractivity contribution >= 4 is 38.9 Å². The molecule has 1 aromatic carbocycles. The van der Waals surface area contributed by atoms with E-state index in [1.54, 1.807) is 26.8 Å². The minimum Gasteiger partial charge on any atom is -0.444 e. The number of ether oxygens (including phenoxy) is 1. The summed E-state index contributed by atoms with van der Waals surface area (Å²) >= 11 is 3.35. The summed E-state index contributed by atoms with van der Waals surface area (Å²) in [6.07, 6.45) is -0.720. The van der Waals surface area contributed by atoms with Crippen LogP contribution in [0.25, 0.3) is 22.2 Å². The molecule has 1 atom stereocenters. The molecular weight excluding hydrogens is 553 g/mol. The average molecular weight is 577 g/mol. The van der Waals surface area contributed by atoms with E-state index in [1.807, 2.05) is 6.07 Å². The van der Waals surface area contributed by atoms with Crippen LogP contribution < -0.4 is 5.32 Å². The molecule has 2 fully saturated rings. The number of nitriles is 1. The van der Waals surface area contributed by atoms with Crippen molar-refractivity contribution in [3.8, 4) is 17.3 Å². The molecule has 194 valence electrons. The predicted molar refractivity (Wildman–Crippen MR) is 133 cm³/mol. The van der Waals surface area contributed by atoms with Gasteiger partial charge >= 0.3 is 12.3 Å². The number of likely N-dealkylation sites (tertiary alicyclic amines) is 1. The van der Waals surface area contributed by atoms with Crippen molar-refractivity contribution < 1.29 is 22.7 Å². The number of rotatable bonds is 3. The molecule has 3 aromatic rings. The first-order chi connectivity index (χ1) is 17.3. The number of halogens is 4. The second kappa shape index (κ2) is 8.62. The van der Waals surface area contributed by atoms with Crippen molar-refractivity contribution in [1.82, 2.24) is 19.9 Å². The standard InChI is InChI=1S/C25H24BrF3N6O2/c1-23(2,3)37-22(36)35-12-24(7-4-8-24)20(35)34-21-32-11-16(25(27,28)29)18(33-21)15-10-31-19-14(15)6-5-13(9-30)17(19)26/h5-6,10-11,20,31H,4,7-8,12H2,1-3H3,(H,32,33,34). The lowest BCUT2D eigenvalue weighted by Crippen LogP contribution is -2.72. The molecule has 0 radical (unpaired) electrons. The van der Waals surface area contributed by atoms with Gasteiger partial charge in [0.25, 0.3) is 0 Å². The zero-order valence-corrected chi connectivity index (χ0v) is 21.9. The Hall–Kier alpha value is -3.33. The van der Waals surface area contributed by atoms with Gasteiger partial charge in [0.15, 0.2) is 0 Å². The van der Waals surface area contributed by atoms with E-state index in [2.05, 4.69) is 36.2 Å². The first-order valence-corrected chi connectivity index (χ1v) is 12.5. The highest BCUT2D eigenvalue weighted by Crippen LogP contribution is 2.53. The smallest absolute Gasteiger partial charge is 0.419 e. The molecule has 1 saturated heterocycles. The Morgan fingerprint density at radius 1 is 1.32 bits per heavy atom. The van der Waals surface area contributed by atoms with Crippen LogP contribution in [0.1, 0.15) is 51.2 Å². The molecule has 1 unspecified atom stereocenters. The van der Waals surface area contributed by atoms with Gasteiger partial charge < -0.3 is 15.0 Å². The van der Waals surface area contributed by atoms with Gasteiger partial charge in [-0.15, -0.1) is 0 Å². The van der Waals surface area contributed by atoms with Crippen LogP contribution in [0.4, 0.5) is 23.9 Å². The Morgan fingerprint density at radius 2 is 2.05 bits per heavy atom. The molecule has 3 heterocycles. The largest absolute Gasteiger partial charge is 0.444 e. The van der Waals surface area contributed by atoms with Crippen LogP contribution in [0.2, 0.25) is 0 Å². The third kappa shape index (κ3) is 4.39. The highest BCUT2D eigenvalue weighted by Gasteiger charge is 2.59. The van der Waals surface area contributed by atoms with Crippen molar-refractivity contribution in [1.29, 1.82) is 5.26 Å². The molecule has 1 aliphatic heterocycles. The molecular formula is C25H24BrF3N6O2. The molecule has 1 spiro atoms. The summed E-state index contributed by atoms with van der Waals surface area (Å²) in [7, 11) is 0. The number of aromatic nitrogens is 3. The fourth-order valence-electron chi connectivity index (χ4n) is 4.95. The fraction of sp³-hybridized carbons (Fsp3) is 0.440. The quantitative estimate of drug-likeness (QED) is 0.371. The van der Waals surface area contributed by atoms with Gasteiger partial charge in [0.2, 0.25) is 5.95 Å². The molecule has 2 N–H and O–H groups in total. The lowest BCUT2D eigenvalue weighted by Gasteiger charge is -2.61. The second-order valence-corrected chi connectivity index (χ2v) is 11.3. The lowest BCUT2D eigenvalue weighted by molar-refractivity contribution is -0.137. The molecule has 5 rings (SSSR count). The van der Waals surface area contributed by atoms with Crippen molar-refractivity contribution in [2.24, 2.45) is 5.41 Å². The number of aromatic amines is 1. The van der Waals surface area contributed by atoms with E-state index in [4.69, 9.17) is 4.74 Å². The molecule has 0 bridgehead atoms. The van der Waals surface area contributed by atoms with Gasteiger partial charge in [-0.2, -0.15) is 18.4 Å². The Labute approximate surface area is 219 Å². The summed E-state index contributed by atoms with van der Waals surface area (Å²) in [4.78, 5) is 25.5. The van der Waals surface area contributed by atoms with Crippen LogP contribution in [0, 0.1) is 16.7 Å². The number of fused-ring (bicyclic) bond motifs is 1. The SMILES string of the molecule is CC(C)(C)OC(=O)N1CC2(CCC2)C1Nc1ncc(C(F)(F)F)c(-c2c[nH]c3c(Br)c(C#N)ccc23)n1. The van der Waals surface area contributed by atoms with Crippen LogP contribution in [-0.4, -0.2) is 44.3 Å². The fourth-order valence-corrected chi connectivity index (χ4v) is 5.50. The van der Waals surface area contributed by atoms with E-state index >= 15 is 0 Å². The highest BCUT2D eigenvalue weighted by atomic mass is 79.9. The lowest BCUT2D eigenvalue weighted by atomic mass is 9.61. The number of nitrogens with one attached hydrogen (secondary N) is 2. The van der Waals surface area contributed by atoms with Gasteiger partial charge in [0.1, 0.15) is 23.4 Å². The first kappa shape index (κ1) is 25.3. The topological polar surface area (TPSA) is 107 Å². The number of nitrogens with zero attached hydrogens (tertiary/aromatic N) is 4. The van der Waals surface area contributed by atoms with E-state index in [0.29, 0.717) is 27.5 Å². The van der Waals surface area contributed by atoms with Crippen LogP contribution in [0.3, 0.4) is 0 Å². The van der Waals surface area contributed by atoms with Crippen LogP contribution in [-0.2, 0) is 10.9 Å². The summed E-state index contributed by atoms with van der Waals surface area (Å²) in [5.74, 6) is -0.0189. The molecule has 1 amide bonds. The molecule has 12 heteroatoms. The van der Waals surface area contributed by atoms with Gasteiger partial charge in [-0.25, -0.2) is 14.8 Å². The molecule has 1 saturated carbocycles. The van der Waals surface area contributed by atoms with Crippen molar-refractivity contribution in [2.75, 3.05) is 11.9 Å². The Balaban J connectivity index is 1.54.